The number of nitrogens with one attached hydrogen (secondary N) is 2. The van der Waals surface area contributed by atoms with Gasteiger partial charge < -0.3 is 4.90 Å². The van der Waals surface area contributed by atoms with Gasteiger partial charge in [0.2, 0.25) is 0 Å². The second-order valence-corrected chi connectivity index (χ2v) is 4.67. The molecule has 0 saturated carbocycles. The monoisotopic (exact) mass is 231 g/mol. The minimum absolute atomic E-state index is 0.00702. The molecular weight excluding hydrogens is 214 g/mol. The summed E-state index contributed by atoms with van der Waals surface area (Å²) < 4.78 is 0. The highest BCUT2D eigenvalue weighted by atomic mass is 16.2. The van der Waals surface area contributed by atoms with Crippen molar-refractivity contribution >= 4 is 11.6 Å². The quantitative estimate of drug-likeness (QED) is 0.768. The lowest BCUT2D eigenvalue weighted by molar-refractivity contribution is 0.0920. The first-order valence-electron chi connectivity index (χ1n) is 6.26. The van der Waals surface area contributed by atoms with Gasteiger partial charge in [-0.2, -0.15) is 0 Å². The number of piperidine rings is 1. The van der Waals surface area contributed by atoms with Gasteiger partial charge >= 0.3 is 0 Å². The first kappa shape index (κ1) is 10.6. The van der Waals surface area contributed by atoms with Crippen LogP contribution in [0.5, 0.6) is 0 Å². The Balaban J connectivity index is 2.01. The minimum atomic E-state index is -0.00702. The third-order valence-corrected chi connectivity index (χ3v) is 3.53. The van der Waals surface area contributed by atoms with Gasteiger partial charge in [0.1, 0.15) is 0 Å². The molecule has 2 heterocycles. The Bertz CT molecular complexity index is 438. The van der Waals surface area contributed by atoms with Gasteiger partial charge in [-0.05, 0) is 30.9 Å². The van der Waals surface area contributed by atoms with Crippen molar-refractivity contribution in [3.8, 4) is 0 Å². The van der Waals surface area contributed by atoms with Crippen molar-refractivity contribution in [1.29, 1.82) is 0 Å². The summed E-state index contributed by atoms with van der Waals surface area (Å²) in [5.74, 6) is -0.00702. The summed E-state index contributed by atoms with van der Waals surface area (Å²) in [4.78, 5) is 14.3. The minimum Gasteiger partial charge on any atom is -0.371 e. The maximum atomic E-state index is 11.9. The summed E-state index contributed by atoms with van der Waals surface area (Å²) >= 11 is 0. The summed E-state index contributed by atoms with van der Waals surface area (Å²) in [5.41, 5.74) is 8.65. The predicted molar refractivity (Wildman–Crippen MR) is 66.8 cm³/mol. The molecule has 0 spiro atoms. The number of benzene rings is 1. The van der Waals surface area contributed by atoms with Crippen LogP contribution in [0, 0.1) is 0 Å². The lowest BCUT2D eigenvalue weighted by atomic mass is 10.0. The molecule has 0 bridgehead atoms. The van der Waals surface area contributed by atoms with Crippen molar-refractivity contribution in [3.63, 3.8) is 0 Å². The van der Waals surface area contributed by atoms with Crippen LogP contribution in [0.4, 0.5) is 5.69 Å². The molecule has 17 heavy (non-hydrogen) atoms. The number of rotatable bonds is 1. The van der Waals surface area contributed by atoms with E-state index in [4.69, 9.17) is 0 Å². The van der Waals surface area contributed by atoms with Gasteiger partial charge in [-0.25, -0.2) is 5.43 Å². The zero-order valence-electron chi connectivity index (χ0n) is 9.83. The van der Waals surface area contributed by atoms with Gasteiger partial charge in [0.15, 0.2) is 0 Å². The largest absolute Gasteiger partial charge is 0.371 e. The molecule has 0 unspecified atom stereocenters. The van der Waals surface area contributed by atoms with Crippen molar-refractivity contribution in [2.24, 2.45) is 0 Å². The van der Waals surface area contributed by atoms with Gasteiger partial charge in [0, 0.05) is 25.3 Å². The first-order chi connectivity index (χ1) is 8.36. The first-order valence-corrected chi connectivity index (χ1v) is 6.26. The Morgan fingerprint density at radius 1 is 1.12 bits per heavy atom. The van der Waals surface area contributed by atoms with E-state index in [0.29, 0.717) is 6.54 Å². The maximum absolute atomic E-state index is 11.9. The van der Waals surface area contributed by atoms with E-state index < -0.39 is 0 Å². The Hall–Kier alpha value is -1.55. The highest BCUT2D eigenvalue weighted by molar-refractivity contribution is 6.01. The van der Waals surface area contributed by atoms with Crippen molar-refractivity contribution < 1.29 is 4.79 Å². The lowest BCUT2D eigenvalue weighted by Crippen LogP contribution is -2.43. The van der Waals surface area contributed by atoms with Crippen molar-refractivity contribution in [2.75, 3.05) is 18.0 Å². The molecule has 1 fully saturated rings. The zero-order valence-corrected chi connectivity index (χ0v) is 9.83. The van der Waals surface area contributed by atoms with E-state index >= 15 is 0 Å². The third-order valence-electron chi connectivity index (χ3n) is 3.53. The number of hydrogen-bond donors (Lipinski definition) is 2. The molecule has 2 aliphatic heterocycles. The number of hydrazine groups is 1. The molecule has 4 nitrogen and oxygen atoms in total. The summed E-state index contributed by atoms with van der Waals surface area (Å²) in [7, 11) is 0. The van der Waals surface area contributed by atoms with Crippen LogP contribution in [0.3, 0.4) is 0 Å². The molecule has 3 rings (SSSR count). The molecule has 0 aromatic heterocycles. The average Bonchev–Trinajstić information content (AvgIpc) is 2.39. The number of carbonyl (C=O) groups is 1. The Labute approximate surface area is 101 Å². The zero-order chi connectivity index (χ0) is 11.7. The molecule has 1 aromatic carbocycles. The van der Waals surface area contributed by atoms with E-state index in [1.807, 2.05) is 12.1 Å². The SMILES string of the molecule is O=C1NNCc2cccc(N3CCCCC3)c21. The van der Waals surface area contributed by atoms with E-state index in [-0.39, 0.29) is 5.91 Å². The van der Waals surface area contributed by atoms with Crippen LogP contribution in [0.2, 0.25) is 0 Å². The molecular formula is C13H17N3O. The Morgan fingerprint density at radius 3 is 2.76 bits per heavy atom. The van der Waals surface area contributed by atoms with Crippen LogP contribution < -0.4 is 15.8 Å². The number of anilines is 1. The van der Waals surface area contributed by atoms with Crippen LogP contribution in [0.25, 0.3) is 0 Å². The number of carbonyl (C=O) groups excluding carboxylic acids is 1. The fourth-order valence-corrected chi connectivity index (χ4v) is 2.68. The number of hydrogen-bond acceptors (Lipinski definition) is 3. The number of nitrogens with zero attached hydrogens (tertiary/aromatic N) is 1. The van der Waals surface area contributed by atoms with E-state index in [0.717, 1.165) is 29.9 Å². The molecule has 0 atom stereocenters. The van der Waals surface area contributed by atoms with Crippen molar-refractivity contribution in [3.05, 3.63) is 29.3 Å². The fourth-order valence-electron chi connectivity index (χ4n) is 2.68. The normalized spacial score (nSPS) is 19.8. The molecule has 1 saturated heterocycles. The molecule has 1 amide bonds. The predicted octanol–water partition coefficient (Wildman–Crippen LogP) is 1.42. The van der Waals surface area contributed by atoms with Crippen LogP contribution in [-0.4, -0.2) is 19.0 Å². The van der Waals surface area contributed by atoms with Gasteiger partial charge in [0.05, 0.1) is 5.56 Å². The smallest absolute Gasteiger partial charge is 0.267 e. The topological polar surface area (TPSA) is 44.4 Å². The highest BCUT2D eigenvalue weighted by Crippen LogP contribution is 2.27. The average molecular weight is 231 g/mol. The highest BCUT2D eigenvalue weighted by Gasteiger charge is 2.23. The molecule has 2 N–H and O–H groups in total. The van der Waals surface area contributed by atoms with Crippen molar-refractivity contribution in [1.82, 2.24) is 10.9 Å². The van der Waals surface area contributed by atoms with Crippen molar-refractivity contribution in [2.45, 2.75) is 25.8 Å². The molecule has 2 aliphatic rings. The Morgan fingerprint density at radius 2 is 1.94 bits per heavy atom. The van der Waals surface area contributed by atoms with Crippen LogP contribution in [0.15, 0.2) is 18.2 Å². The van der Waals surface area contributed by atoms with Gasteiger partial charge in [0.25, 0.3) is 5.91 Å². The molecule has 4 heteroatoms. The molecule has 90 valence electrons. The molecule has 1 aromatic rings. The number of amides is 1. The van der Waals surface area contributed by atoms with E-state index in [2.05, 4.69) is 21.8 Å². The third kappa shape index (κ3) is 1.89. The summed E-state index contributed by atoms with van der Waals surface area (Å²) in [6.07, 6.45) is 3.76. The molecule has 0 radical (unpaired) electrons. The van der Waals surface area contributed by atoms with Gasteiger partial charge in [-0.3, -0.25) is 10.2 Å². The molecule has 0 aliphatic carbocycles. The van der Waals surface area contributed by atoms with E-state index in [1.54, 1.807) is 0 Å². The summed E-state index contributed by atoms with van der Waals surface area (Å²) in [6.45, 7) is 2.84. The van der Waals surface area contributed by atoms with Crippen LogP contribution >= 0.6 is 0 Å². The second-order valence-electron chi connectivity index (χ2n) is 4.67. The van der Waals surface area contributed by atoms with Gasteiger partial charge in [-0.15, -0.1) is 0 Å². The second kappa shape index (κ2) is 4.37. The van der Waals surface area contributed by atoms with E-state index in [9.17, 15) is 4.79 Å². The summed E-state index contributed by atoms with van der Waals surface area (Å²) in [6, 6.07) is 6.13. The fraction of sp³-hybridized carbons (Fsp3) is 0.462. The standard InChI is InChI=1S/C13H17N3O/c17-13-12-10(9-14-15-13)5-4-6-11(12)16-7-2-1-3-8-16/h4-6,14H,1-3,7-9H2,(H,15,17). The lowest BCUT2D eigenvalue weighted by Gasteiger charge is -2.32. The van der Waals surface area contributed by atoms with Gasteiger partial charge in [-0.1, -0.05) is 12.1 Å². The van der Waals surface area contributed by atoms with Crippen LogP contribution in [0.1, 0.15) is 35.2 Å². The maximum Gasteiger partial charge on any atom is 0.267 e. The number of fused-ring (bicyclic) bond motifs is 1. The van der Waals surface area contributed by atoms with Crippen LogP contribution in [-0.2, 0) is 6.54 Å². The Kier molecular flexibility index (Phi) is 2.73. The van der Waals surface area contributed by atoms with E-state index in [1.165, 1.54) is 19.3 Å². The summed E-state index contributed by atoms with van der Waals surface area (Å²) in [5, 5.41) is 0.